The van der Waals surface area contributed by atoms with E-state index >= 15 is 0 Å². The van der Waals surface area contributed by atoms with E-state index in [1.54, 1.807) is 11.8 Å². The Kier molecular flexibility index (Phi) is 6.86. The summed E-state index contributed by atoms with van der Waals surface area (Å²) in [5.74, 6) is 1.30. The number of rotatable bonds is 8. The van der Waals surface area contributed by atoms with Crippen LogP contribution in [0.3, 0.4) is 0 Å². The van der Waals surface area contributed by atoms with Crippen LogP contribution in [0.2, 0.25) is 0 Å². The van der Waals surface area contributed by atoms with Gasteiger partial charge in [0.15, 0.2) is 0 Å². The van der Waals surface area contributed by atoms with Crippen molar-refractivity contribution in [3.05, 3.63) is 107 Å². The fourth-order valence-electron chi connectivity index (χ4n) is 3.72. The van der Waals surface area contributed by atoms with Gasteiger partial charge >= 0.3 is 0 Å². The molecule has 1 aromatic heterocycles. The number of ether oxygens (including phenoxy) is 1. The first-order valence-corrected chi connectivity index (χ1v) is 10.9. The lowest BCUT2D eigenvalue weighted by molar-refractivity contribution is -0.115. The predicted molar refractivity (Wildman–Crippen MR) is 131 cm³/mol. The molecular formula is C27H28N4O2. The lowest BCUT2D eigenvalue weighted by Crippen LogP contribution is -2.32. The van der Waals surface area contributed by atoms with Crippen molar-refractivity contribution in [3.8, 4) is 11.4 Å². The monoisotopic (exact) mass is 440 g/mol. The zero-order valence-electron chi connectivity index (χ0n) is 19.1. The van der Waals surface area contributed by atoms with Crippen LogP contribution in [-0.4, -0.2) is 29.3 Å². The maximum atomic E-state index is 12.9. The van der Waals surface area contributed by atoms with Gasteiger partial charge in [0.2, 0.25) is 5.91 Å². The molecule has 0 aliphatic heterocycles. The Hall–Kier alpha value is -3.90. The first-order chi connectivity index (χ1) is 16.0. The van der Waals surface area contributed by atoms with Crippen LogP contribution in [0.15, 0.2) is 84.9 Å². The fourth-order valence-corrected chi connectivity index (χ4v) is 3.72. The Balaban J connectivity index is 1.50. The molecule has 0 fully saturated rings. The zero-order chi connectivity index (χ0) is 23.2. The summed E-state index contributed by atoms with van der Waals surface area (Å²) < 4.78 is 7.04. The Morgan fingerprint density at radius 2 is 1.61 bits per heavy atom. The largest absolute Gasteiger partial charge is 0.497 e. The van der Waals surface area contributed by atoms with E-state index in [1.165, 1.54) is 5.56 Å². The number of amides is 1. The molecule has 1 atom stereocenters. The van der Waals surface area contributed by atoms with Crippen molar-refractivity contribution in [2.45, 2.75) is 19.9 Å². The minimum atomic E-state index is -0.141. The van der Waals surface area contributed by atoms with E-state index in [-0.39, 0.29) is 18.5 Å². The zero-order valence-corrected chi connectivity index (χ0v) is 19.1. The molecule has 4 rings (SSSR count). The molecule has 3 aromatic carbocycles. The average molecular weight is 441 g/mol. The van der Waals surface area contributed by atoms with E-state index in [1.807, 2.05) is 86.6 Å². The van der Waals surface area contributed by atoms with Gasteiger partial charge < -0.3 is 10.1 Å². The molecule has 6 heteroatoms. The van der Waals surface area contributed by atoms with E-state index in [2.05, 4.69) is 27.9 Å². The second kappa shape index (κ2) is 10.1. The third kappa shape index (κ3) is 5.48. The smallest absolute Gasteiger partial charge is 0.239 e. The molecule has 4 aromatic rings. The summed E-state index contributed by atoms with van der Waals surface area (Å²) in [5.41, 5.74) is 5.03. The van der Waals surface area contributed by atoms with Crippen LogP contribution in [0.4, 0.5) is 5.82 Å². The summed E-state index contributed by atoms with van der Waals surface area (Å²) in [5, 5.41) is 10.9. The van der Waals surface area contributed by atoms with Gasteiger partial charge in [-0.25, -0.2) is 4.68 Å². The van der Waals surface area contributed by atoms with Crippen molar-refractivity contribution < 1.29 is 9.53 Å². The number of hydrogen-bond acceptors (Lipinski definition) is 4. The van der Waals surface area contributed by atoms with Crippen LogP contribution in [-0.2, 0) is 4.79 Å². The number of nitrogens with zero attached hydrogens (tertiary/aromatic N) is 2. The summed E-state index contributed by atoms with van der Waals surface area (Å²) in [4.78, 5) is 12.9. The normalized spacial score (nSPS) is 11.7. The maximum Gasteiger partial charge on any atom is 0.239 e. The maximum absolute atomic E-state index is 12.9. The molecule has 33 heavy (non-hydrogen) atoms. The van der Waals surface area contributed by atoms with Crippen molar-refractivity contribution in [3.63, 3.8) is 0 Å². The molecule has 168 valence electrons. The number of benzene rings is 3. The van der Waals surface area contributed by atoms with Crippen LogP contribution in [0.1, 0.15) is 28.4 Å². The molecule has 2 N–H and O–H groups in total. The highest BCUT2D eigenvalue weighted by molar-refractivity contribution is 5.91. The number of carbonyl (C=O) groups excluding carboxylic acids is 1. The van der Waals surface area contributed by atoms with Crippen molar-refractivity contribution in [1.82, 2.24) is 15.1 Å². The minimum absolute atomic E-state index is 0.133. The molecule has 0 bridgehead atoms. The van der Waals surface area contributed by atoms with E-state index in [4.69, 9.17) is 4.74 Å². The summed E-state index contributed by atoms with van der Waals surface area (Å²) in [7, 11) is 1.65. The Morgan fingerprint density at radius 3 is 2.27 bits per heavy atom. The van der Waals surface area contributed by atoms with Gasteiger partial charge in [-0.2, -0.15) is 5.10 Å². The van der Waals surface area contributed by atoms with Crippen LogP contribution in [0, 0.1) is 13.8 Å². The molecule has 0 saturated carbocycles. The molecule has 0 radical (unpaired) electrons. The number of carbonyl (C=O) groups is 1. The average Bonchev–Trinajstić information content (AvgIpc) is 3.20. The van der Waals surface area contributed by atoms with Gasteiger partial charge in [0, 0.05) is 6.07 Å². The van der Waals surface area contributed by atoms with Gasteiger partial charge in [0.1, 0.15) is 11.6 Å². The van der Waals surface area contributed by atoms with Crippen LogP contribution in [0.25, 0.3) is 5.69 Å². The molecule has 1 amide bonds. The van der Waals surface area contributed by atoms with Gasteiger partial charge in [0.25, 0.3) is 0 Å². The molecular weight excluding hydrogens is 412 g/mol. The molecule has 6 nitrogen and oxygen atoms in total. The highest BCUT2D eigenvalue weighted by Gasteiger charge is 2.17. The van der Waals surface area contributed by atoms with E-state index < -0.39 is 0 Å². The molecule has 1 heterocycles. The SMILES string of the molecule is COc1ccc(C(NCC(=O)Nc2cc(C)nn2-c2ccc(C)cc2)c2ccccc2)cc1. The highest BCUT2D eigenvalue weighted by Crippen LogP contribution is 2.24. The lowest BCUT2D eigenvalue weighted by atomic mass is 9.98. The second-order valence-corrected chi connectivity index (χ2v) is 7.96. The van der Waals surface area contributed by atoms with Crippen molar-refractivity contribution in [2.24, 2.45) is 0 Å². The van der Waals surface area contributed by atoms with Gasteiger partial charge in [-0.15, -0.1) is 0 Å². The predicted octanol–water partition coefficient (Wildman–Crippen LogP) is 4.82. The van der Waals surface area contributed by atoms with Gasteiger partial charge in [-0.3, -0.25) is 10.1 Å². The Bertz CT molecular complexity index is 1200. The standard InChI is InChI=1S/C27H28N4O2/c1-19-9-13-23(14-10-19)31-25(17-20(2)30-31)29-26(32)18-28-27(21-7-5-4-6-8-21)22-11-15-24(33-3)16-12-22/h4-17,27-28H,18H2,1-3H3,(H,29,32). The number of aromatic nitrogens is 2. The Labute approximate surface area is 194 Å². The van der Waals surface area contributed by atoms with Crippen LogP contribution >= 0.6 is 0 Å². The number of nitrogens with one attached hydrogen (secondary N) is 2. The van der Waals surface area contributed by atoms with Gasteiger partial charge in [0.05, 0.1) is 31.1 Å². The summed E-state index contributed by atoms with van der Waals surface area (Å²) >= 11 is 0. The van der Waals surface area contributed by atoms with Crippen molar-refractivity contribution in [1.29, 1.82) is 0 Å². The number of anilines is 1. The second-order valence-electron chi connectivity index (χ2n) is 7.96. The van der Waals surface area contributed by atoms with Gasteiger partial charge in [-0.1, -0.05) is 60.2 Å². The summed E-state index contributed by atoms with van der Waals surface area (Å²) in [6.45, 7) is 4.09. The van der Waals surface area contributed by atoms with E-state index in [9.17, 15) is 4.79 Å². The summed E-state index contributed by atoms with van der Waals surface area (Å²) in [6.07, 6.45) is 0. The molecule has 0 spiro atoms. The third-order valence-electron chi connectivity index (χ3n) is 5.43. The summed E-state index contributed by atoms with van der Waals surface area (Å²) in [6, 6.07) is 27.7. The van der Waals surface area contributed by atoms with Crippen LogP contribution in [0.5, 0.6) is 5.75 Å². The Morgan fingerprint density at radius 1 is 0.939 bits per heavy atom. The third-order valence-corrected chi connectivity index (χ3v) is 5.43. The van der Waals surface area contributed by atoms with Gasteiger partial charge in [-0.05, 0) is 49.2 Å². The van der Waals surface area contributed by atoms with Crippen molar-refractivity contribution >= 4 is 11.7 Å². The molecule has 0 saturated heterocycles. The first kappa shape index (κ1) is 22.3. The molecule has 0 aliphatic rings. The quantitative estimate of drug-likeness (QED) is 0.412. The number of aryl methyl sites for hydroxylation is 2. The highest BCUT2D eigenvalue weighted by atomic mass is 16.5. The fraction of sp³-hybridized carbons (Fsp3) is 0.185. The first-order valence-electron chi connectivity index (χ1n) is 10.9. The van der Waals surface area contributed by atoms with E-state index in [0.717, 1.165) is 28.3 Å². The van der Waals surface area contributed by atoms with E-state index in [0.29, 0.717) is 5.82 Å². The minimum Gasteiger partial charge on any atom is -0.497 e. The molecule has 0 aliphatic carbocycles. The topological polar surface area (TPSA) is 68.2 Å². The molecule has 1 unspecified atom stereocenters. The number of methoxy groups -OCH3 is 1. The lowest BCUT2D eigenvalue weighted by Gasteiger charge is -2.20. The van der Waals surface area contributed by atoms with Crippen LogP contribution < -0.4 is 15.4 Å². The van der Waals surface area contributed by atoms with Crippen molar-refractivity contribution in [2.75, 3.05) is 19.0 Å². The number of hydrogen-bond donors (Lipinski definition) is 2.